The Bertz CT molecular complexity index is 996. The number of rotatable bonds is 9. The number of para-hydroxylation sites is 1. The maximum absolute atomic E-state index is 12.7. The molecule has 2 aromatic carbocycles. The molecule has 0 saturated carbocycles. The molecule has 0 spiro atoms. The smallest absolute Gasteiger partial charge is 0.304 e. The van der Waals surface area contributed by atoms with Crippen molar-refractivity contribution in [2.24, 2.45) is 0 Å². The summed E-state index contributed by atoms with van der Waals surface area (Å²) in [6, 6.07) is 12.2. The molecule has 1 aliphatic rings. The molecule has 32 heavy (non-hydrogen) atoms. The molecule has 1 amide bonds. The lowest BCUT2D eigenvalue weighted by atomic mass is 10.2. The molecule has 10 heteroatoms. The van der Waals surface area contributed by atoms with Crippen LogP contribution in [0.1, 0.15) is 12.0 Å². The summed E-state index contributed by atoms with van der Waals surface area (Å²) >= 11 is 12.0. The third-order valence-electron chi connectivity index (χ3n) is 5.06. The van der Waals surface area contributed by atoms with Crippen molar-refractivity contribution in [1.29, 1.82) is 0 Å². The fourth-order valence-corrected chi connectivity index (χ4v) is 4.75. The first-order valence-electron chi connectivity index (χ1n) is 10.1. The summed E-state index contributed by atoms with van der Waals surface area (Å²) in [6.45, 7) is 2.72. The van der Waals surface area contributed by atoms with Gasteiger partial charge >= 0.3 is 5.97 Å². The van der Waals surface area contributed by atoms with Gasteiger partial charge in [-0.3, -0.25) is 18.7 Å². The van der Waals surface area contributed by atoms with Crippen molar-refractivity contribution in [3.63, 3.8) is 0 Å². The fourth-order valence-electron chi connectivity index (χ4n) is 3.32. The molecule has 7 nitrogen and oxygen atoms in total. The van der Waals surface area contributed by atoms with E-state index in [1.807, 2.05) is 23.1 Å². The van der Waals surface area contributed by atoms with E-state index in [9.17, 15) is 13.8 Å². The minimum absolute atomic E-state index is 0.0732. The van der Waals surface area contributed by atoms with Crippen LogP contribution in [-0.2, 0) is 26.1 Å². The molecule has 3 rings (SSSR count). The number of ether oxygens (including phenoxy) is 1. The summed E-state index contributed by atoms with van der Waals surface area (Å²) in [5.74, 6) is 0.164. The van der Waals surface area contributed by atoms with Gasteiger partial charge in [0.1, 0.15) is 17.3 Å². The molecule has 1 heterocycles. The van der Waals surface area contributed by atoms with Gasteiger partial charge in [-0.1, -0.05) is 41.4 Å². The van der Waals surface area contributed by atoms with Gasteiger partial charge in [-0.25, -0.2) is 0 Å². The van der Waals surface area contributed by atoms with E-state index in [0.29, 0.717) is 54.3 Å². The third-order valence-corrected chi connectivity index (χ3v) is 7.00. The summed E-state index contributed by atoms with van der Waals surface area (Å²) in [4.78, 5) is 27.0. The van der Waals surface area contributed by atoms with Crippen molar-refractivity contribution < 1.29 is 23.6 Å². The number of hydrogen-bond donors (Lipinski definition) is 1. The van der Waals surface area contributed by atoms with Crippen molar-refractivity contribution in [2.45, 2.75) is 12.2 Å². The lowest BCUT2D eigenvalue weighted by molar-refractivity contribution is -0.138. The maximum Gasteiger partial charge on any atom is 0.304 e. The topological polar surface area (TPSA) is 87.2 Å². The van der Waals surface area contributed by atoms with Crippen LogP contribution in [0.5, 0.6) is 11.5 Å². The van der Waals surface area contributed by atoms with Gasteiger partial charge in [0.25, 0.3) is 0 Å². The number of carboxylic acids is 1. The van der Waals surface area contributed by atoms with Gasteiger partial charge in [-0.05, 0) is 18.2 Å². The Labute approximate surface area is 199 Å². The molecule has 0 bridgehead atoms. The zero-order valence-electron chi connectivity index (χ0n) is 17.3. The quantitative estimate of drug-likeness (QED) is 0.567. The van der Waals surface area contributed by atoms with Crippen LogP contribution in [0.4, 0.5) is 0 Å². The zero-order chi connectivity index (χ0) is 23.1. The number of carboxylic acid groups (broad SMARTS) is 1. The third kappa shape index (κ3) is 7.20. The summed E-state index contributed by atoms with van der Waals surface area (Å²) in [5, 5.41) is 9.58. The minimum Gasteiger partial charge on any atom is -0.481 e. The molecular weight excluding hydrogens is 475 g/mol. The largest absolute Gasteiger partial charge is 0.481 e. The van der Waals surface area contributed by atoms with Crippen LogP contribution in [0.2, 0.25) is 10.0 Å². The van der Waals surface area contributed by atoms with Crippen LogP contribution < -0.4 is 4.74 Å². The Morgan fingerprint density at radius 1 is 1.03 bits per heavy atom. The molecular formula is C22H24Cl2N2O5S. The Kier molecular flexibility index (Phi) is 8.92. The van der Waals surface area contributed by atoms with E-state index in [0.717, 1.165) is 5.56 Å². The average molecular weight is 499 g/mol. The molecule has 1 saturated heterocycles. The number of hydrogen-bond acceptors (Lipinski definition) is 5. The number of benzene rings is 2. The molecule has 0 radical (unpaired) electrons. The predicted octanol–water partition coefficient (Wildman–Crippen LogP) is 3.65. The van der Waals surface area contributed by atoms with E-state index in [1.54, 1.807) is 29.2 Å². The van der Waals surface area contributed by atoms with E-state index in [1.165, 1.54) is 0 Å². The molecule has 172 valence electrons. The van der Waals surface area contributed by atoms with E-state index in [-0.39, 0.29) is 23.8 Å². The molecule has 1 unspecified atom stereocenters. The lowest BCUT2D eigenvalue weighted by Gasteiger charge is -2.34. The summed E-state index contributed by atoms with van der Waals surface area (Å²) in [5.41, 5.74) is 0.725. The highest BCUT2D eigenvalue weighted by Gasteiger charge is 2.23. The van der Waals surface area contributed by atoms with Gasteiger partial charge in [0, 0.05) is 55.2 Å². The second kappa shape index (κ2) is 11.7. The predicted molar refractivity (Wildman–Crippen MR) is 125 cm³/mol. The van der Waals surface area contributed by atoms with E-state index in [4.69, 9.17) is 33.0 Å². The number of halogens is 2. The highest BCUT2D eigenvalue weighted by atomic mass is 35.5. The van der Waals surface area contributed by atoms with Gasteiger partial charge in [0.05, 0.1) is 22.2 Å². The highest BCUT2D eigenvalue weighted by Crippen LogP contribution is 2.31. The second-order valence-electron chi connectivity index (χ2n) is 7.38. The Morgan fingerprint density at radius 2 is 1.75 bits per heavy atom. The maximum atomic E-state index is 12.7. The number of carbonyl (C=O) groups excluding carboxylic acids is 1. The normalized spacial score (nSPS) is 15.4. The summed E-state index contributed by atoms with van der Waals surface area (Å²) in [6.07, 6.45) is 0.0850. The number of nitrogens with zero attached hydrogens (tertiary/aromatic N) is 2. The van der Waals surface area contributed by atoms with Gasteiger partial charge in [-0.15, -0.1) is 0 Å². The van der Waals surface area contributed by atoms with Crippen LogP contribution in [0.25, 0.3) is 0 Å². The van der Waals surface area contributed by atoms with Crippen molar-refractivity contribution in [3.8, 4) is 11.5 Å². The number of carbonyl (C=O) groups is 2. The van der Waals surface area contributed by atoms with Crippen LogP contribution in [0.3, 0.4) is 0 Å². The Hall–Kier alpha value is -2.13. The molecule has 0 aliphatic carbocycles. The number of aliphatic carboxylic acids is 1. The molecule has 2 aromatic rings. The van der Waals surface area contributed by atoms with E-state index < -0.39 is 16.8 Å². The second-order valence-corrected chi connectivity index (χ2v) is 9.65. The Morgan fingerprint density at radius 3 is 2.44 bits per heavy atom. The van der Waals surface area contributed by atoms with Crippen LogP contribution in [0, 0.1) is 0 Å². The standard InChI is InChI=1S/C22H24Cl2N2O5S/c23-18-6-5-17(13-19(18)24)31-20-4-2-1-3-16(20)14-32(30)15-21(27)26-11-9-25(10-12-26)8-7-22(28)29/h1-6,13H,7-12,14-15H2,(H,28,29). The monoisotopic (exact) mass is 498 g/mol. The first-order chi connectivity index (χ1) is 15.3. The molecule has 1 atom stereocenters. The van der Waals surface area contributed by atoms with Gasteiger partial charge in [-0.2, -0.15) is 0 Å². The Balaban J connectivity index is 1.53. The van der Waals surface area contributed by atoms with Crippen molar-refractivity contribution in [2.75, 3.05) is 38.5 Å². The van der Waals surface area contributed by atoms with Crippen molar-refractivity contribution in [3.05, 3.63) is 58.1 Å². The number of piperazine rings is 1. The first-order valence-corrected chi connectivity index (χ1v) is 12.3. The molecule has 1 fully saturated rings. The lowest BCUT2D eigenvalue weighted by Crippen LogP contribution is -2.50. The number of amides is 1. The van der Waals surface area contributed by atoms with Gasteiger partial charge < -0.3 is 14.7 Å². The minimum atomic E-state index is -1.41. The van der Waals surface area contributed by atoms with E-state index in [2.05, 4.69) is 0 Å². The van der Waals surface area contributed by atoms with Crippen LogP contribution >= 0.6 is 23.2 Å². The molecule has 0 aromatic heterocycles. The average Bonchev–Trinajstić information content (AvgIpc) is 2.76. The molecule has 1 N–H and O–H groups in total. The zero-order valence-corrected chi connectivity index (χ0v) is 19.7. The van der Waals surface area contributed by atoms with Crippen LogP contribution in [-0.4, -0.2) is 69.5 Å². The first kappa shape index (κ1) is 24.5. The molecule has 1 aliphatic heterocycles. The highest BCUT2D eigenvalue weighted by molar-refractivity contribution is 7.84. The van der Waals surface area contributed by atoms with Crippen molar-refractivity contribution in [1.82, 2.24) is 9.80 Å². The fraction of sp³-hybridized carbons (Fsp3) is 0.364. The summed E-state index contributed by atoms with van der Waals surface area (Å²) < 4.78 is 18.6. The van der Waals surface area contributed by atoms with Gasteiger partial charge in [0.2, 0.25) is 5.91 Å². The van der Waals surface area contributed by atoms with Gasteiger partial charge in [0.15, 0.2) is 0 Å². The SMILES string of the molecule is O=C(O)CCN1CCN(C(=O)CS(=O)Cc2ccccc2Oc2ccc(Cl)c(Cl)c2)CC1. The summed E-state index contributed by atoms with van der Waals surface area (Å²) in [7, 11) is -1.41. The van der Waals surface area contributed by atoms with E-state index >= 15 is 0 Å². The van der Waals surface area contributed by atoms with Crippen molar-refractivity contribution >= 4 is 45.9 Å². The van der Waals surface area contributed by atoms with Crippen LogP contribution in [0.15, 0.2) is 42.5 Å².